The predicted molar refractivity (Wildman–Crippen MR) is 95.3 cm³/mol. The van der Waals surface area contributed by atoms with Gasteiger partial charge < -0.3 is 5.73 Å². The van der Waals surface area contributed by atoms with Gasteiger partial charge in [0.25, 0.3) is 0 Å². The van der Waals surface area contributed by atoms with Crippen molar-refractivity contribution in [1.82, 2.24) is 4.98 Å². The van der Waals surface area contributed by atoms with Crippen LogP contribution in [0.25, 0.3) is 10.4 Å². The minimum atomic E-state index is 0.649. The maximum atomic E-state index is 5.96. The number of hydrogen-bond acceptors (Lipinski definition) is 3. The maximum Gasteiger partial charge on any atom is 0.180 e. The summed E-state index contributed by atoms with van der Waals surface area (Å²) in [5.74, 6) is 0. The molecule has 3 aromatic rings. The monoisotopic (exact) mass is 308 g/mol. The Kier molecular flexibility index (Phi) is 4.25. The van der Waals surface area contributed by atoms with E-state index in [0.717, 1.165) is 18.5 Å². The van der Waals surface area contributed by atoms with Crippen LogP contribution >= 0.6 is 11.3 Å². The Labute approximate surface area is 135 Å². The van der Waals surface area contributed by atoms with Crippen molar-refractivity contribution in [3.8, 4) is 10.4 Å². The Morgan fingerprint density at radius 1 is 0.955 bits per heavy atom. The van der Waals surface area contributed by atoms with Crippen molar-refractivity contribution in [3.05, 3.63) is 70.9 Å². The number of thiazole rings is 1. The number of benzene rings is 2. The first-order chi connectivity index (χ1) is 10.6. The van der Waals surface area contributed by atoms with Crippen LogP contribution in [0.5, 0.6) is 0 Å². The van der Waals surface area contributed by atoms with Crippen LogP contribution in [0.3, 0.4) is 0 Å². The molecule has 0 saturated carbocycles. The number of aromatic nitrogens is 1. The molecular formula is C19H20N2S. The van der Waals surface area contributed by atoms with E-state index < -0.39 is 0 Å². The lowest BCUT2D eigenvalue weighted by molar-refractivity contribution is 0.929. The molecular weight excluding hydrogens is 288 g/mol. The Morgan fingerprint density at radius 2 is 1.73 bits per heavy atom. The summed E-state index contributed by atoms with van der Waals surface area (Å²) >= 11 is 1.58. The highest BCUT2D eigenvalue weighted by molar-refractivity contribution is 7.18. The normalized spacial score (nSPS) is 10.8. The molecule has 2 aromatic carbocycles. The fourth-order valence-electron chi connectivity index (χ4n) is 2.56. The number of nitrogens with two attached hydrogens (primary N) is 1. The molecule has 0 fully saturated rings. The van der Waals surface area contributed by atoms with Gasteiger partial charge in [0.2, 0.25) is 0 Å². The van der Waals surface area contributed by atoms with E-state index in [-0.39, 0.29) is 0 Å². The second-order valence-corrected chi connectivity index (χ2v) is 6.64. The number of nitrogens with zero attached hydrogens (tertiary/aromatic N) is 1. The van der Waals surface area contributed by atoms with E-state index in [1.54, 1.807) is 11.3 Å². The summed E-state index contributed by atoms with van der Waals surface area (Å²) in [6.45, 7) is 4.28. The molecule has 112 valence electrons. The molecule has 3 heteroatoms. The second-order valence-electron chi connectivity index (χ2n) is 5.61. The van der Waals surface area contributed by atoms with Gasteiger partial charge in [0.15, 0.2) is 5.13 Å². The van der Waals surface area contributed by atoms with E-state index in [2.05, 4.69) is 61.3 Å². The molecule has 0 atom stereocenters. The summed E-state index contributed by atoms with van der Waals surface area (Å²) in [5, 5.41) is 0.649. The summed E-state index contributed by atoms with van der Waals surface area (Å²) < 4.78 is 0. The quantitative estimate of drug-likeness (QED) is 0.752. The van der Waals surface area contributed by atoms with Crippen LogP contribution in [-0.2, 0) is 12.8 Å². The number of rotatable bonds is 4. The van der Waals surface area contributed by atoms with Crippen LogP contribution in [-0.4, -0.2) is 4.98 Å². The second kappa shape index (κ2) is 6.32. The molecule has 1 heterocycles. The topological polar surface area (TPSA) is 38.9 Å². The predicted octanol–water partition coefficient (Wildman–Crippen LogP) is 4.79. The standard InChI is InChI=1S/C19H20N2S/c1-13-8-10-16(12-14(13)2)18-17(21-19(20)22-18)11-9-15-6-4-3-5-7-15/h3-8,10,12H,9,11H2,1-2H3,(H2,20,21). The SMILES string of the molecule is Cc1ccc(-c2sc(N)nc2CCc2ccccc2)cc1C. The fourth-order valence-corrected chi connectivity index (χ4v) is 3.43. The van der Waals surface area contributed by atoms with Gasteiger partial charge in [0, 0.05) is 0 Å². The lowest BCUT2D eigenvalue weighted by atomic mass is 10.0. The maximum absolute atomic E-state index is 5.96. The zero-order valence-electron chi connectivity index (χ0n) is 13.0. The fraction of sp³-hybridized carbons (Fsp3) is 0.211. The van der Waals surface area contributed by atoms with E-state index in [1.165, 1.54) is 27.1 Å². The Bertz CT molecular complexity index is 775. The molecule has 1 aromatic heterocycles. The smallest absolute Gasteiger partial charge is 0.180 e. The van der Waals surface area contributed by atoms with Crippen LogP contribution in [0.2, 0.25) is 0 Å². The van der Waals surface area contributed by atoms with Gasteiger partial charge in [0.05, 0.1) is 10.6 Å². The van der Waals surface area contributed by atoms with Gasteiger partial charge in [-0.1, -0.05) is 59.9 Å². The van der Waals surface area contributed by atoms with Crippen LogP contribution in [0.4, 0.5) is 5.13 Å². The minimum Gasteiger partial charge on any atom is -0.375 e. The Hall–Kier alpha value is -2.13. The summed E-state index contributed by atoms with van der Waals surface area (Å²) in [7, 11) is 0. The van der Waals surface area contributed by atoms with Crippen molar-refractivity contribution in [3.63, 3.8) is 0 Å². The first kappa shape index (κ1) is 14.8. The molecule has 0 amide bonds. The highest BCUT2D eigenvalue weighted by atomic mass is 32.1. The lowest BCUT2D eigenvalue weighted by Gasteiger charge is -2.06. The van der Waals surface area contributed by atoms with Crippen molar-refractivity contribution < 1.29 is 0 Å². The highest BCUT2D eigenvalue weighted by Gasteiger charge is 2.12. The summed E-state index contributed by atoms with van der Waals surface area (Å²) in [4.78, 5) is 5.76. The van der Waals surface area contributed by atoms with Gasteiger partial charge in [-0.3, -0.25) is 0 Å². The van der Waals surface area contributed by atoms with Crippen LogP contribution in [0.1, 0.15) is 22.4 Å². The first-order valence-electron chi connectivity index (χ1n) is 7.50. The molecule has 2 N–H and O–H groups in total. The number of aryl methyl sites for hydroxylation is 4. The average molecular weight is 308 g/mol. The van der Waals surface area contributed by atoms with Gasteiger partial charge >= 0.3 is 0 Å². The van der Waals surface area contributed by atoms with E-state index in [9.17, 15) is 0 Å². The van der Waals surface area contributed by atoms with Gasteiger partial charge in [-0.05, 0) is 48.9 Å². The zero-order valence-corrected chi connectivity index (χ0v) is 13.8. The molecule has 2 nitrogen and oxygen atoms in total. The van der Waals surface area contributed by atoms with Crippen LogP contribution < -0.4 is 5.73 Å². The van der Waals surface area contributed by atoms with Crippen LogP contribution in [0.15, 0.2) is 48.5 Å². The summed E-state index contributed by atoms with van der Waals surface area (Å²) in [6, 6.07) is 17.1. The van der Waals surface area contributed by atoms with Crippen molar-refractivity contribution in [2.24, 2.45) is 0 Å². The molecule has 0 aliphatic heterocycles. The molecule has 0 bridgehead atoms. The van der Waals surface area contributed by atoms with E-state index in [4.69, 9.17) is 5.73 Å². The Balaban J connectivity index is 1.87. The number of anilines is 1. The molecule has 0 unspecified atom stereocenters. The highest BCUT2D eigenvalue weighted by Crippen LogP contribution is 2.33. The Morgan fingerprint density at radius 3 is 2.45 bits per heavy atom. The third-order valence-electron chi connectivity index (χ3n) is 3.98. The number of hydrogen-bond donors (Lipinski definition) is 1. The van der Waals surface area contributed by atoms with Gasteiger partial charge in [-0.2, -0.15) is 0 Å². The van der Waals surface area contributed by atoms with E-state index in [0.29, 0.717) is 5.13 Å². The largest absolute Gasteiger partial charge is 0.375 e. The summed E-state index contributed by atoms with van der Waals surface area (Å²) in [6.07, 6.45) is 1.90. The third kappa shape index (κ3) is 3.20. The van der Waals surface area contributed by atoms with Crippen molar-refractivity contribution in [1.29, 1.82) is 0 Å². The zero-order chi connectivity index (χ0) is 15.5. The molecule has 0 saturated heterocycles. The minimum absolute atomic E-state index is 0.649. The van der Waals surface area contributed by atoms with Crippen LogP contribution in [0, 0.1) is 13.8 Å². The number of nitrogen functional groups attached to an aromatic ring is 1. The third-order valence-corrected chi connectivity index (χ3v) is 4.95. The molecule has 0 aliphatic carbocycles. The molecule has 0 radical (unpaired) electrons. The van der Waals surface area contributed by atoms with E-state index >= 15 is 0 Å². The van der Waals surface area contributed by atoms with E-state index in [1.807, 2.05) is 6.07 Å². The average Bonchev–Trinajstić information content (AvgIpc) is 2.90. The molecule has 3 rings (SSSR count). The molecule has 0 aliphatic rings. The molecule has 22 heavy (non-hydrogen) atoms. The van der Waals surface area contributed by atoms with Gasteiger partial charge in [-0.25, -0.2) is 4.98 Å². The summed E-state index contributed by atoms with van der Waals surface area (Å²) in [5.41, 5.74) is 12.2. The van der Waals surface area contributed by atoms with Gasteiger partial charge in [-0.15, -0.1) is 0 Å². The van der Waals surface area contributed by atoms with Crippen molar-refractivity contribution in [2.45, 2.75) is 26.7 Å². The van der Waals surface area contributed by atoms with Crippen molar-refractivity contribution in [2.75, 3.05) is 5.73 Å². The van der Waals surface area contributed by atoms with Crippen molar-refractivity contribution >= 4 is 16.5 Å². The lowest BCUT2D eigenvalue weighted by Crippen LogP contribution is -1.94. The first-order valence-corrected chi connectivity index (χ1v) is 8.32. The van der Waals surface area contributed by atoms with Gasteiger partial charge in [0.1, 0.15) is 0 Å². The molecule has 0 spiro atoms.